The molecule has 0 saturated heterocycles. The number of nitro groups is 1. The lowest BCUT2D eigenvalue weighted by Crippen LogP contribution is -1.89. The van der Waals surface area contributed by atoms with Gasteiger partial charge in [0, 0.05) is 17.7 Å². The second kappa shape index (κ2) is 3.82. The van der Waals surface area contributed by atoms with Gasteiger partial charge in [-0.15, -0.1) is 0 Å². The third kappa shape index (κ3) is 1.82. The maximum absolute atomic E-state index is 10.5. The van der Waals surface area contributed by atoms with Crippen LogP contribution in [0.15, 0.2) is 28.8 Å². The van der Waals surface area contributed by atoms with Crippen LogP contribution in [-0.2, 0) is 0 Å². The summed E-state index contributed by atoms with van der Waals surface area (Å²) in [5, 5.41) is 14.3. The lowest BCUT2D eigenvalue weighted by molar-refractivity contribution is -0.384. The van der Waals surface area contributed by atoms with Crippen LogP contribution in [0.3, 0.4) is 0 Å². The summed E-state index contributed by atoms with van der Waals surface area (Å²) in [4.78, 5) is 9.99. The van der Waals surface area contributed by atoms with Gasteiger partial charge in [-0.3, -0.25) is 10.1 Å². The summed E-state index contributed by atoms with van der Waals surface area (Å²) < 4.78 is 4.69. The van der Waals surface area contributed by atoms with Crippen LogP contribution < -0.4 is 5.73 Å². The van der Waals surface area contributed by atoms with Gasteiger partial charge in [0.05, 0.1) is 4.92 Å². The molecule has 0 atom stereocenters. The highest BCUT2D eigenvalue weighted by atomic mass is 35.5. The van der Waals surface area contributed by atoms with Crippen molar-refractivity contribution in [2.75, 3.05) is 5.73 Å². The van der Waals surface area contributed by atoms with Crippen molar-refractivity contribution in [1.82, 2.24) is 5.16 Å². The number of halogens is 1. The average Bonchev–Trinajstić information content (AvgIpc) is 2.64. The first-order valence-electron chi connectivity index (χ1n) is 4.24. The highest BCUT2D eigenvalue weighted by molar-refractivity contribution is 6.32. The van der Waals surface area contributed by atoms with E-state index in [1.165, 1.54) is 24.3 Å². The number of benzene rings is 1. The van der Waals surface area contributed by atoms with Gasteiger partial charge >= 0.3 is 0 Å². The number of nitrogens with two attached hydrogens (primary N) is 1. The van der Waals surface area contributed by atoms with E-state index in [1.807, 2.05) is 0 Å². The first-order chi connectivity index (χ1) is 7.58. The molecule has 0 aliphatic carbocycles. The molecule has 2 rings (SSSR count). The van der Waals surface area contributed by atoms with Crippen molar-refractivity contribution in [3.8, 4) is 11.3 Å². The van der Waals surface area contributed by atoms with Gasteiger partial charge in [0.2, 0.25) is 5.88 Å². The Morgan fingerprint density at radius 2 is 2.19 bits per heavy atom. The van der Waals surface area contributed by atoms with Gasteiger partial charge in [-0.1, -0.05) is 16.8 Å². The molecule has 2 N–H and O–H groups in total. The quantitative estimate of drug-likeness (QED) is 0.642. The van der Waals surface area contributed by atoms with E-state index in [0.29, 0.717) is 11.3 Å². The van der Waals surface area contributed by atoms with Crippen molar-refractivity contribution in [2.45, 2.75) is 0 Å². The summed E-state index contributed by atoms with van der Waals surface area (Å²) in [5.41, 5.74) is 6.30. The van der Waals surface area contributed by atoms with E-state index in [1.54, 1.807) is 0 Å². The van der Waals surface area contributed by atoms with Gasteiger partial charge in [0.1, 0.15) is 10.7 Å². The molecule has 6 nitrogen and oxygen atoms in total. The Bertz CT molecular complexity index is 553. The molecule has 16 heavy (non-hydrogen) atoms. The molecule has 1 aromatic heterocycles. The van der Waals surface area contributed by atoms with E-state index < -0.39 is 4.92 Å². The molecule has 1 aromatic carbocycles. The van der Waals surface area contributed by atoms with Crippen molar-refractivity contribution in [3.05, 3.63) is 39.4 Å². The van der Waals surface area contributed by atoms with Crippen LogP contribution in [0, 0.1) is 10.1 Å². The summed E-state index contributed by atoms with van der Waals surface area (Å²) in [6.45, 7) is 0. The van der Waals surface area contributed by atoms with Crippen LogP contribution in [-0.4, -0.2) is 10.1 Å². The van der Waals surface area contributed by atoms with Gasteiger partial charge in [0.15, 0.2) is 0 Å². The number of hydrogen-bond acceptors (Lipinski definition) is 5. The molecule has 0 unspecified atom stereocenters. The van der Waals surface area contributed by atoms with E-state index in [9.17, 15) is 10.1 Å². The topological polar surface area (TPSA) is 95.2 Å². The average molecular weight is 240 g/mol. The highest BCUT2D eigenvalue weighted by Crippen LogP contribution is 2.29. The zero-order valence-electron chi connectivity index (χ0n) is 7.88. The van der Waals surface area contributed by atoms with Gasteiger partial charge < -0.3 is 10.3 Å². The standard InChI is InChI=1S/C9H6ClN3O3/c10-6-3-5(1-2-8(6)13(14)15)7-4-9(11)16-12-7/h1-4H,11H2. The van der Waals surface area contributed by atoms with Crippen molar-refractivity contribution in [3.63, 3.8) is 0 Å². The summed E-state index contributed by atoms with van der Waals surface area (Å²) >= 11 is 5.75. The number of aromatic nitrogens is 1. The van der Waals surface area contributed by atoms with E-state index in [2.05, 4.69) is 9.68 Å². The number of nitrogen functional groups attached to an aromatic ring is 1. The zero-order chi connectivity index (χ0) is 11.7. The summed E-state index contributed by atoms with van der Waals surface area (Å²) in [7, 11) is 0. The smallest absolute Gasteiger partial charge is 0.287 e. The van der Waals surface area contributed by atoms with Gasteiger partial charge in [-0.2, -0.15) is 0 Å². The number of rotatable bonds is 2. The molecular formula is C9H6ClN3O3. The largest absolute Gasteiger partial charge is 0.368 e. The summed E-state index contributed by atoms with van der Waals surface area (Å²) in [5.74, 6) is 0.171. The zero-order valence-corrected chi connectivity index (χ0v) is 8.64. The molecule has 0 bridgehead atoms. The fourth-order valence-corrected chi connectivity index (χ4v) is 1.49. The molecule has 0 saturated carbocycles. The molecular weight excluding hydrogens is 234 g/mol. The van der Waals surface area contributed by atoms with Crippen LogP contribution in [0.5, 0.6) is 0 Å². The van der Waals surface area contributed by atoms with E-state index in [0.717, 1.165) is 0 Å². The molecule has 0 aliphatic rings. The third-order valence-corrected chi connectivity index (χ3v) is 2.27. The van der Waals surface area contributed by atoms with E-state index in [4.69, 9.17) is 17.3 Å². The van der Waals surface area contributed by atoms with Gasteiger partial charge in [-0.25, -0.2) is 0 Å². The number of nitro benzene ring substituents is 1. The molecule has 7 heteroatoms. The van der Waals surface area contributed by atoms with Crippen LogP contribution in [0.1, 0.15) is 0 Å². The monoisotopic (exact) mass is 239 g/mol. The minimum atomic E-state index is -0.552. The Hall–Kier alpha value is -2.08. The van der Waals surface area contributed by atoms with Crippen LogP contribution >= 0.6 is 11.6 Å². The molecule has 0 spiro atoms. The Morgan fingerprint density at radius 3 is 2.69 bits per heavy atom. The van der Waals surface area contributed by atoms with Gasteiger partial charge in [0.25, 0.3) is 5.69 Å². The summed E-state index contributed by atoms with van der Waals surface area (Å²) in [6, 6.07) is 5.79. The first kappa shape index (κ1) is 10.4. The number of hydrogen-bond donors (Lipinski definition) is 1. The predicted molar refractivity (Wildman–Crippen MR) is 58.0 cm³/mol. The second-order valence-corrected chi connectivity index (χ2v) is 3.45. The molecule has 0 aliphatic heterocycles. The Labute approximate surface area is 94.7 Å². The SMILES string of the molecule is Nc1cc(-c2ccc([N+](=O)[O-])c(Cl)c2)no1. The van der Waals surface area contributed by atoms with Gasteiger partial charge in [-0.05, 0) is 12.1 Å². The number of anilines is 1. The third-order valence-electron chi connectivity index (χ3n) is 1.97. The fourth-order valence-electron chi connectivity index (χ4n) is 1.24. The van der Waals surface area contributed by atoms with E-state index >= 15 is 0 Å². The van der Waals surface area contributed by atoms with Crippen molar-refractivity contribution in [1.29, 1.82) is 0 Å². The minimum Gasteiger partial charge on any atom is -0.368 e. The Morgan fingerprint density at radius 1 is 1.44 bits per heavy atom. The second-order valence-electron chi connectivity index (χ2n) is 3.04. The molecule has 0 fully saturated rings. The lowest BCUT2D eigenvalue weighted by atomic mass is 10.1. The maximum atomic E-state index is 10.5. The van der Waals surface area contributed by atoms with Crippen molar-refractivity contribution < 1.29 is 9.45 Å². The molecule has 0 radical (unpaired) electrons. The Balaban J connectivity index is 2.45. The molecule has 82 valence electrons. The van der Waals surface area contributed by atoms with Crippen LogP contribution in [0.4, 0.5) is 11.6 Å². The normalized spacial score (nSPS) is 10.3. The van der Waals surface area contributed by atoms with Crippen molar-refractivity contribution in [2.24, 2.45) is 0 Å². The fraction of sp³-hybridized carbons (Fsp3) is 0. The van der Waals surface area contributed by atoms with E-state index in [-0.39, 0.29) is 16.6 Å². The van der Waals surface area contributed by atoms with Crippen LogP contribution in [0.25, 0.3) is 11.3 Å². The predicted octanol–water partition coefficient (Wildman–Crippen LogP) is 2.49. The lowest BCUT2D eigenvalue weighted by Gasteiger charge is -1.97. The van der Waals surface area contributed by atoms with Crippen molar-refractivity contribution >= 4 is 23.2 Å². The first-order valence-corrected chi connectivity index (χ1v) is 4.62. The molecule has 2 aromatic rings. The highest BCUT2D eigenvalue weighted by Gasteiger charge is 2.14. The minimum absolute atomic E-state index is 0.0454. The molecule has 1 heterocycles. The number of nitrogens with zero attached hydrogens (tertiary/aromatic N) is 2. The molecule has 0 amide bonds. The Kier molecular flexibility index (Phi) is 2.49. The maximum Gasteiger partial charge on any atom is 0.287 e. The van der Waals surface area contributed by atoms with Crippen LogP contribution in [0.2, 0.25) is 5.02 Å². The summed E-state index contributed by atoms with van der Waals surface area (Å²) in [6.07, 6.45) is 0.